The van der Waals surface area contributed by atoms with Gasteiger partial charge in [-0.25, -0.2) is 4.79 Å². The van der Waals surface area contributed by atoms with Gasteiger partial charge >= 0.3 is 11.9 Å². The van der Waals surface area contributed by atoms with Crippen LogP contribution in [0, 0.1) is 0 Å². The molecule has 21 heavy (non-hydrogen) atoms. The summed E-state index contributed by atoms with van der Waals surface area (Å²) in [6.07, 6.45) is -0.103. The van der Waals surface area contributed by atoms with Crippen LogP contribution in [0.2, 0.25) is 0 Å². The van der Waals surface area contributed by atoms with Gasteiger partial charge in [0.05, 0.1) is 44.5 Å². The van der Waals surface area contributed by atoms with E-state index in [4.69, 9.17) is 9.47 Å². The molecule has 0 radical (unpaired) electrons. The molecule has 0 N–H and O–H groups in total. The van der Waals surface area contributed by atoms with E-state index in [1.54, 1.807) is 31.4 Å². The van der Waals surface area contributed by atoms with E-state index in [1.807, 2.05) is 0 Å². The van der Waals surface area contributed by atoms with E-state index in [-0.39, 0.29) is 12.0 Å². The highest BCUT2D eigenvalue weighted by atomic mass is 16.5. The first-order valence-corrected chi connectivity index (χ1v) is 6.22. The number of nitrogens with zero attached hydrogens (tertiary/aromatic N) is 1. The molecule has 6 heteroatoms. The lowest BCUT2D eigenvalue weighted by Crippen LogP contribution is -2.13. The Labute approximate surface area is 121 Å². The Morgan fingerprint density at radius 1 is 1.10 bits per heavy atom. The second-order valence-electron chi connectivity index (χ2n) is 4.29. The molecule has 0 aliphatic heterocycles. The SMILES string of the molecule is COC(=O)Cc1nc2cc(OC)ccc2cc1C(=O)OC. The van der Waals surface area contributed by atoms with Gasteiger partial charge in [0.25, 0.3) is 0 Å². The Morgan fingerprint density at radius 3 is 2.48 bits per heavy atom. The average molecular weight is 289 g/mol. The molecule has 0 saturated carbocycles. The molecule has 0 aliphatic carbocycles. The molecule has 0 unspecified atom stereocenters. The number of fused-ring (bicyclic) bond motifs is 1. The quantitative estimate of drug-likeness (QED) is 0.798. The smallest absolute Gasteiger partial charge is 0.339 e. The van der Waals surface area contributed by atoms with Crippen molar-refractivity contribution in [3.05, 3.63) is 35.5 Å². The number of hydrogen-bond donors (Lipinski definition) is 0. The molecule has 0 bridgehead atoms. The minimum atomic E-state index is -0.542. The lowest BCUT2D eigenvalue weighted by atomic mass is 10.1. The predicted octanol–water partition coefficient (Wildman–Crippen LogP) is 1.75. The van der Waals surface area contributed by atoms with Gasteiger partial charge in [0.2, 0.25) is 0 Å². The first-order chi connectivity index (χ1) is 10.1. The van der Waals surface area contributed by atoms with Crippen molar-refractivity contribution in [2.75, 3.05) is 21.3 Å². The Hall–Kier alpha value is -2.63. The van der Waals surface area contributed by atoms with Crippen LogP contribution in [0.25, 0.3) is 10.9 Å². The van der Waals surface area contributed by atoms with E-state index in [1.165, 1.54) is 14.2 Å². The Morgan fingerprint density at radius 2 is 1.86 bits per heavy atom. The molecule has 6 nitrogen and oxygen atoms in total. The van der Waals surface area contributed by atoms with Gasteiger partial charge in [-0.15, -0.1) is 0 Å². The summed E-state index contributed by atoms with van der Waals surface area (Å²) in [5, 5.41) is 0.754. The lowest BCUT2D eigenvalue weighted by Gasteiger charge is -2.09. The number of benzene rings is 1. The van der Waals surface area contributed by atoms with Crippen LogP contribution in [0.1, 0.15) is 16.1 Å². The number of aromatic nitrogens is 1. The molecule has 0 amide bonds. The minimum Gasteiger partial charge on any atom is -0.497 e. The molecule has 0 aliphatic rings. The number of rotatable bonds is 4. The van der Waals surface area contributed by atoms with E-state index in [0.717, 1.165) is 5.39 Å². The average Bonchev–Trinajstić information content (AvgIpc) is 2.52. The highest BCUT2D eigenvalue weighted by Gasteiger charge is 2.18. The fourth-order valence-corrected chi connectivity index (χ4v) is 1.94. The molecule has 110 valence electrons. The zero-order valence-corrected chi connectivity index (χ0v) is 12.0. The zero-order chi connectivity index (χ0) is 15.4. The minimum absolute atomic E-state index is 0.103. The topological polar surface area (TPSA) is 74.7 Å². The molecule has 0 spiro atoms. The normalized spacial score (nSPS) is 10.2. The van der Waals surface area contributed by atoms with Gasteiger partial charge in [-0.1, -0.05) is 0 Å². The fraction of sp³-hybridized carbons (Fsp3) is 0.267. The van der Waals surface area contributed by atoms with E-state index in [2.05, 4.69) is 9.72 Å². The van der Waals surface area contributed by atoms with Crippen LogP contribution < -0.4 is 4.74 Å². The Bertz CT molecular complexity index is 696. The van der Waals surface area contributed by atoms with Crippen LogP contribution in [0.15, 0.2) is 24.3 Å². The number of carbonyl (C=O) groups excluding carboxylic acids is 2. The maximum atomic E-state index is 11.8. The van der Waals surface area contributed by atoms with Gasteiger partial charge in [-0.05, 0) is 18.2 Å². The predicted molar refractivity (Wildman–Crippen MR) is 75.4 cm³/mol. The van der Waals surface area contributed by atoms with Crippen molar-refractivity contribution in [1.29, 1.82) is 0 Å². The van der Waals surface area contributed by atoms with Crippen LogP contribution in [-0.4, -0.2) is 38.3 Å². The summed E-state index contributed by atoms with van der Waals surface area (Å²) < 4.78 is 14.5. The molecule has 1 heterocycles. The van der Waals surface area contributed by atoms with E-state index in [0.29, 0.717) is 17.0 Å². The van der Waals surface area contributed by atoms with Crippen LogP contribution in [0.3, 0.4) is 0 Å². The third-order valence-electron chi connectivity index (χ3n) is 3.05. The van der Waals surface area contributed by atoms with Gasteiger partial charge in [0, 0.05) is 11.5 Å². The number of carbonyl (C=O) groups is 2. The summed E-state index contributed by atoms with van der Waals surface area (Å²) in [4.78, 5) is 27.7. The molecule has 1 aromatic carbocycles. The Balaban J connectivity index is 2.59. The van der Waals surface area contributed by atoms with Crippen molar-refractivity contribution in [3.63, 3.8) is 0 Å². The van der Waals surface area contributed by atoms with Crippen LogP contribution in [0.4, 0.5) is 0 Å². The van der Waals surface area contributed by atoms with E-state index < -0.39 is 11.9 Å². The molecular weight excluding hydrogens is 274 g/mol. The maximum Gasteiger partial charge on any atom is 0.339 e. The summed E-state index contributed by atoms with van der Waals surface area (Å²) >= 11 is 0. The fourth-order valence-electron chi connectivity index (χ4n) is 1.94. The molecule has 2 aromatic rings. The first-order valence-electron chi connectivity index (χ1n) is 6.22. The largest absolute Gasteiger partial charge is 0.497 e. The second-order valence-corrected chi connectivity index (χ2v) is 4.29. The van der Waals surface area contributed by atoms with Crippen molar-refractivity contribution in [2.45, 2.75) is 6.42 Å². The first kappa shape index (κ1) is 14.8. The number of hydrogen-bond acceptors (Lipinski definition) is 6. The summed E-state index contributed by atoms with van der Waals surface area (Å²) in [7, 11) is 4.12. The summed E-state index contributed by atoms with van der Waals surface area (Å²) in [5.41, 5.74) is 1.19. The Kier molecular flexibility index (Phi) is 4.37. The van der Waals surface area contributed by atoms with Crippen molar-refractivity contribution in [3.8, 4) is 5.75 Å². The van der Waals surface area contributed by atoms with Crippen molar-refractivity contribution in [1.82, 2.24) is 4.98 Å². The van der Waals surface area contributed by atoms with Crippen LogP contribution in [0.5, 0.6) is 5.75 Å². The number of ether oxygens (including phenoxy) is 3. The van der Waals surface area contributed by atoms with Gasteiger partial charge in [-0.2, -0.15) is 0 Å². The van der Waals surface area contributed by atoms with Gasteiger partial charge < -0.3 is 14.2 Å². The highest BCUT2D eigenvalue weighted by Crippen LogP contribution is 2.22. The molecular formula is C15H15NO5. The van der Waals surface area contributed by atoms with Gasteiger partial charge in [-0.3, -0.25) is 9.78 Å². The number of esters is 2. The van der Waals surface area contributed by atoms with Crippen LogP contribution >= 0.6 is 0 Å². The second kappa shape index (κ2) is 6.21. The molecule has 0 atom stereocenters. The zero-order valence-electron chi connectivity index (χ0n) is 12.0. The van der Waals surface area contributed by atoms with E-state index >= 15 is 0 Å². The van der Waals surface area contributed by atoms with Crippen molar-refractivity contribution < 1.29 is 23.8 Å². The summed E-state index contributed by atoms with van der Waals surface area (Å²) in [6, 6.07) is 6.93. The molecule has 2 rings (SSSR count). The van der Waals surface area contributed by atoms with E-state index in [9.17, 15) is 9.59 Å². The summed E-state index contributed by atoms with van der Waals surface area (Å²) in [5.74, 6) is -0.376. The van der Waals surface area contributed by atoms with Crippen LogP contribution in [-0.2, 0) is 20.7 Å². The number of methoxy groups -OCH3 is 3. The van der Waals surface area contributed by atoms with Gasteiger partial charge in [0.1, 0.15) is 5.75 Å². The van der Waals surface area contributed by atoms with Gasteiger partial charge in [0.15, 0.2) is 0 Å². The molecule has 0 fully saturated rings. The van der Waals surface area contributed by atoms with Crippen molar-refractivity contribution >= 4 is 22.8 Å². The third-order valence-corrected chi connectivity index (χ3v) is 3.05. The highest BCUT2D eigenvalue weighted by molar-refractivity contribution is 5.96. The monoisotopic (exact) mass is 289 g/mol. The molecule has 0 saturated heterocycles. The molecule has 1 aromatic heterocycles. The third kappa shape index (κ3) is 3.10. The number of pyridine rings is 1. The maximum absolute atomic E-state index is 11.8. The summed E-state index contributed by atoms with van der Waals surface area (Å²) in [6.45, 7) is 0. The standard InChI is InChI=1S/C15H15NO5/c1-19-10-5-4-9-6-11(15(18)21-3)13(8-14(17)20-2)16-12(9)7-10/h4-7H,8H2,1-3H3. The van der Waals surface area contributed by atoms with Crippen molar-refractivity contribution in [2.24, 2.45) is 0 Å². The lowest BCUT2D eigenvalue weighted by molar-refractivity contribution is -0.139.